The van der Waals surface area contributed by atoms with E-state index in [0.717, 1.165) is 17.0 Å². The summed E-state index contributed by atoms with van der Waals surface area (Å²) in [5, 5.41) is 1.21. The van der Waals surface area contributed by atoms with Crippen LogP contribution in [0.25, 0.3) is 22.2 Å². The van der Waals surface area contributed by atoms with Gasteiger partial charge in [0.05, 0.1) is 19.7 Å². The van der Waals surface area contributed by atoms with E-state index in [1.165, 1.54) is 16.6 Å². The smallest absolute Gasteiger partial charge is 0.120 e. The molecule has 3 rings (SSSR count). The van der Waals surface area contributed by atoms with Crippen molar-refractivity contribution in [3.05, 3.63) is 48.5 Å². The molecule has 3 aromatic rings. The molecule has 0 aliphatic rings. The lowest BCUT2D eigenvalue weighted by Crippen LogP contribution is -1.92. The fraction of sp³-hybridized carbons (Fsp3) is 0.176. The first-order valence-electron chi connectivity index (χ1n) is 6.51. The Morgan fingerprint density at radius 1 is 0.800 bits per heavy atom. The van der Waals surface area contributed by atoms with Crippen molar-refractivity contribution in [3.8, 4) is 22.8 Å². The number of benzene rings is 2. The molecule has 102 valence electrons. The van der Waals surface area contributed by atoms with Crippen LogP contribution in [0, 0.1) is 0 Å². The number of aromatic nitrogens is 1. The largest absolute Gasteiger partial charge is 0.497 e. The lowest BCUT2D eigenvalue weighted by Gasteiger charge is -2.06. The molecule has 0 N–H and O–H groups in total. The molecule has 0 atom stereocenters. The van der Waals surface area contributed by atoms with Crippen molar-refractivity contribution in [2.75, 3.05) is 14.2 Å². The number of ether oxygens (including phenoxy) is 2. The van der Waals surface area contributed by atoms with Crippen LogP contribution in [0.15, 0.2) is 48.5 Å². The van der Waals surface area contributed by atoms with E-state index in [4.69, 9.17) is 9.47 Å². The zero-order valence-corrected chi connectivity index (χ0v) is 11.9. The Hall–Kier alpha value is -2.42. The van der Waals surface area contributed by atoms with E-state index in [-0.39, 0.29) is 0 Å². The van der Waals surface area contributed by atoms with E-state index >= 15 is 0 Å². The maximum atomic E-state index is 5.29. The van der Waals surface area contributed by atoms with Gasteiger partial charge < -0.3 is 14.0 Å². The standard InChI is InChI=1S/C17H17NO2/c1-18-16(12-4-7-14(19-2)8-5-12)10-13-6-9-15(20-3)11-17(13)18/h4-11H,1-3H3. The summed E-state index contributed by atoms with van der Waals surface area (Å²) >= 11 is 0. The maximum absolute atomic E-state index is 5.29. The molecule has 0 unspecified atom stereocenters. The minimum atomic E-state index is 0.870. The van der Waals surface area contributed by atoms with E-state index in [2.05, 4.69) is 41.9 Å². The minimum Gasteiger partial charge on any atom is -0.497 e. The van der Waals surface area contributed by atoms with E-state index in [9.17, 15) is 0 Å². The van der Waals surface area contributed by atoms with Gasteiger partial charge in [0, 0.05) is 24.2 Å². The number of fused-ring (bicyclic) bond motifs is 1. The van der Waals surface area contributed by atoms with Gasteiger partial charge in [-0.1, -0.05) is 0 Å². The second-order valence-corrected chi connectivity index (χ2v) is 4.74. The molecule has 0 saturated carbocycles. The average Bonchev–Trinajstić information content (AvgIpc) is 2.84. The van der Waals surface area contributed by atoms with Crippen molar-refractivity contribution in [1.82, 2.24) is 4.57 Å². The van der Waals surface area contributed by atoms with Crippen LogP contribution in [0.5, 0.6) is 11.5 Å². The molecule has 20 heavy (non-hydrogen) atoms. The number of hydrogen-bond donors (Lipinski definition) is 0. The predicted molar refractivity (Wildman–Crippen MR) is 81.5 cm³/mol. The van der Waals surface area contributed by atoms with E-state index < -0.39 is 0 Å². The van der Waals surface area contributed by atoms with Crippen molar-refractivity contribution in [2.24, 2.45) is 7.05 Å². The van der Waals surface area contributed by atoms with E-state index in [1.54, 1.807) is 14.2 Å². The summed E-state index contributed by atoms with van der Waals surface area (Å²) in [7, 11) is 5.44. The Morgan fingerprint density at radius 3 is 2.10 bits per heavy atom. The summed E-state index contributed by atoms with van der Waals surface area (Å²) in [5.74, 6) is 1.74. The van der Waals surface area contributed by atoms with Crippen LogP contribution in [-0.4, -0.2) is 18.8 Å². The van der Waals surface area contributed by atoms with Gasteiger partial charge in [0.1, 0.15) is 11.5 Å². The molecule has 0 bridgehead atoms. The molecule has 3 heteroatoms. The van der Waals surface area contributed by atoms with Gasteiger partial charge in [0.25, 0.3) is 0 Å². The van der Waals surface area contributed by atoms with E-state index in [0.29, 0.717) is 0 Å². The second kappa shape index (κ2) is 4.93. The molecule has 0 aliphatic carbocycles. The molecule has 0 aliphatic heterocycles. The zero-order valence-electron chi connectivity index (χ0n) is 11.9. The first kappa shape index (κ1) is 12.6. The number of aryl methyl sites for hydroxylation is 1. The van der Waals surface area contributed by atoms with Crippen LogP contribution < -0.4 is 9.47 Å². The van der Waals surface area contributed by atoms with Gasteiger partial charge in [-0.15, -0.1) is 0 Å². The van der Waals surface area contributed by atoms with Crippen LogP contribution in [0.2, 0.25) is 0 Å². The van der Waals surface area contributed by atoms with Gasteiger partial charge in [0.2, 0.25) is 0 Å². The monoisotopic (exact) mass is 267 g/mol. The summed E-state index contributed by atoms with van der Waals surface area (Å²) in [6.45, 7) is 0. The van der Waals surface area contributed by atoms with Gasteiger partial charge in [0.15, 0.2) is 0 Å². The Morgan fingerprint density at radius 2 is 1.45 bits per heavy atom. The summed E-state index contributed by atoms with van der Waals surface area (Å²) in [6.07, 6.45) is 0. The highest BCUT2D eigenvalue weighted by Crippen LogP contribution is 2.30. The summed E-state index contributed by atoms with van der Waals surface area (Å²) in [5.41, 5.74) is 3.51. The number of methoxy groups -OCH3 is 2. The predicted octanol–water partition coefficient (Wildman–Crippen LogP) is 3.86. The normalized spacial score (nSPS) is 10.8. The SMILES string of the molecule is COc1ccc(-c2cc3ccc(OC)cc3n2C)cc1. The molecule has 0 fully saturated rings. The molecule has 0 radical (unpaired) electrons. The second-order valence-electron chi connectivity index (χ2n) is 4.74. The van der Waals surface area contributed by atoms with Gasteiger partial charge in [-0.25, -0.2) is 0 Å². The fourth-order valence-corrected chi connectivity index (χ4v) is 2.48. The number of rotatable bonds is 3. The lowest BCUT2D eigenvalue weighted by molar-refractivity contribution is 0.415. The third-order valence-corrected chi connectivity index (χ3v) is 3.64. The maximum Gasteiger partial charge on any atom is 0.120 e. The van der Waals surface area contributed by atoms with Gasteiger partial charge in [-0.05, 0) is 48.0 Å². The number of nitrogens with zero attached hydrogens (tertiary/aromatic N) is 1. The first-order valence-corrected chi connectivity index (χ1v) is 6.51. The van der Waals surface area contributed by atoms with Crippen molar-refractivity contribution in [3.63, 3.8) is 0 Å². The van der Waals surface area contributed by atoms with Crippen LogP contribution in [-0.2, 0) is 7.05 Å². The molecule has 0 spiro atoms. The Labute approximate surface area is 118 Å². The molecule has 2 aromatic carbocycles. The third kappa shape index (κ3) is 2.01. The van der Waals surface area contributed by atoms with Crippen LogP contribution in [0.1, 0.15) is 0 Å². The molecule has 3 nitrogen and oxygen atoms in total. The van der Waals surface area contributed by atoms with Gasteiger partial charge in [-0.3, -0.25) is 0 Å². The lowest BCUT2D eigenvalue weighted by atomic mass is 10.1. The Kier molecular flexibility index (Phi) is 3.11. The molecule has 1 heterocycles. The topological polar surface area (TPSA) is 23.4 Å². The van der Waals surface area contributed by atoms with Crippen molar-refractivity contribution in [2.45, 2.75) is 0 Å². The summed E-state index contributed by atoms with van der Waals surface area (Å²) in [6, 6.07) is 16.4. The minimum absolute atomic E-state index is 0.870. The van der Waals surface area contributed by atoms with Crippen molar-refractivity contribution < 1.29 is 9.47 Å². The molecular weight excluding hydrogens is 250 g/mol. The summed E-state index contributed by atoms with van der Waals surface area (Å²) in [4.78, 5) is 0. The zero-order chi connectivity index (χ0) is 14.1. The third-order valence-electron chi connectivity index (χ3n) is 3.64. The van der Waals surface area contributed by atoms with Gasteiger partial charge >= 0.3 is 0 Å². The van der Waals surface area contributed by atoms with Crippen molar-refractivity contribution in [1.29, 1.82) is 0 Å². The van der Waals surface area contributed by atoms with Gasteiger partial charge in [-0.2, -0.15) is 0 Å². The van der Waals surface area contributed by atoms with Crippen LogP contribution in [0.3, 0.4) is 0 Å². The van der Waals surface area contributed by atoms with E-state index in [1.807, 2.05) is 18.2 Å². The van der Waals surface area contributed by atoms with Crippen LogP contribution >= 0.6 is 0 Å². The number of hydrogen-bond acceptors (Lipinski definition) is 2. The molecule has 0 saturated heterocycles. The highest BCUT2D eigenvalue weighted by Gasteiger charge is 2.08. The Balaban J connectivity index is 2.13. The Bertz CT molecular complexity index is 742. The van der Waals surface area contributed by atoms with Crippen molar-refractivity contribution >= 4 is 10.9 Å². The molecule has 0 amide bonds. The average molecular weight is 267 g/mol. The highest BCUT2D eigenvalue weighted by molar-refractivity contribution is 5.88. The molecular formula is C17H17NO2. The fourth-order valence-electron chi connectivity index (χ4n) is 2.48. The highest BCUT2D eigenvalue weighted by atomic mass is 16.5. The molecule has 1 aromatic heterocycles. The summed E-state index contributed by atoms with van der Waals surface area (Å²) < 4.78 is 12.7. The first-order chi connectivity index (χ1) is 9.72. The van der Waals surface area contributed by atoms with Crippen LogP contribution in [0.4, 0.5) is 0 Å². The quantitative estimate of drug-likeness (QED) is 0.719.